The van der Waals surface area contributed by atoms with Crippen LogP contribution in [0.4, 0.5) is 0 Å². The Labute approximate surface area is 477 Å². The van der Waals surface area contributed by atoms with Crippen molar-refractivity contribution in [3.63, 3.8) is 0 Å². The van der Waals surface area contributed by atoms with E-state index < -0.39 is 6.10 Å². The van der Waals surface area contributed by atoms with Crippen LogP contribution in [-0.2, 0) is 19.1 Å². The minimum Gasteiger partial charge on any atom is -0.462 e. The molecule has 0 spiro atoms. The number of aliphatic hydroxyl groups excluding tert-OH is 1. The molecule has 76 heavy (non-hydrogen) atoms. The maximum absolute atomic E-state index is 12.4. The molecule has 0 rings (SSSR count). The highest BCUT2D eigenvalue weighted by Crippen LogP contribution is 2.19. The molecule has 0 aliphatic rings. The third-order valence-corrected chi connectivity index (χ3v) is 16.6. The van der Waals surface area contributed by atoms with Gasteiger partial charge in [-0.2, -0.15) is 0 Å². The molecule has 0 aromatic carbocycles. The average Bonchev–Trinajstić information content (AvgIpc) is 3.42. The quantitative estimate of drug-likeness (QED) is 0.0373. The van der Waals surface area contributed by atoms with Gasteiger partial charge in [0.05, 0.1) is 6.61 Å². The molecule has 0 bridgehead atoms. The van der Waals surface area contributed by atoms with Gasteiger partial charge < -0.3 is 14.6 Å². The molecule has 0 aliphatic carbocycles. The molecular weight excluding hydrogens is 933 g/mol. The van der Waals surface area contributed by atoms with Crippen LogP contribution in [0.15, 0.2) is 12.2 Å². The highest BCUT2D eigenvalue weighted by molar-refractivity contribution is 5.70. The van der Waals surface area contributed by atoms with Gasteiger partial charge in [-0.25, -0.2) is 0 Å². The Morgan fingerprint density at radius 1 is 0.289 bits per heavy atom. The van der Waals surface area contributed by atoms with E-state index in [4.69, 9.17) is 9.47 Å². The zero-order valence-corrected chi connectivity index (χ0v) is 52.1. The Bertz CT molecular complexity index is 1120. The number of hydrogen-bond donors (Lipinski definition) is 1. The molecule has 0 aromatic heterocycles. The zero-order chi connectivity index (χ0) is 54.8. The Balaban J connectivity index is 3.35. The summed E-state index contributed by atoms with van der Waals surface area (Å²) in [5, 5.41) is 9.70. The van der Waals surface area contributed by atoms with E-state index in [1.165, 1.54) is 353 Å². The van der Waals surface area contributed by atoms with Crippen molar-refractivity contribution in [1.82, 2.24) is 0 Å². The van der Waals surface area contributed by atoms with E-state index in [0.29, 0.717) is 12.8 Å². The van der Waals surface area contributed by atoms with Crippen molar-refractivity contribution >= 4 is 11.9 Å². The predicted molar refractivity (Wildman–Crippen MR) is 335 cm³/mol. The minimum absolute atomic E-state index is 0.0563. The third-order valence-electron chi connectivity index (χ3n) is 16.6. The van der Waals surface area contributed by atoms with Crippen molar-refractivity contribution in [3.05, 3.63) is 12.2 Å². The molecule has 0 radical (unpaired) electrons. The van der Waals surface area contributed by atoms with E-state index in [1.807, 2.05) is 0 Å². The van der Waals surface area contributed by atoms with Gasteiger partial charge in [0.15, 0.2) is 6.10 Å². The number of rotatable bonds is 67. The van der Waals surface area contributed by atoms with E-state index >= 15 is 0 Å². The van der Waals surface area contributed by atoms with Crippen LogP contribution < -0.4 is 0 Å². The Kier molecular flexibility index (Phi) is 66.7. The summed E-state index contributed by atoms with van der Waals surface area (Å²) in [4.78, 5) is 24.6. The molecule has 0 heterocycles. The predicted octanol–water partition coefficient (Wildman–Crippen LogP) is 24.2. The number of carbonyl (C=O) groups excluding carboxylic acids is 2. The number of ether oxygens (including phenoxy) is 2. The van der Waals surface area contributed by atoms with Crippen molar-refractivity contribution in [2.45, 2.75) is 418 Å². The van der Waals surface area contributed by atoms with Gasteiger partial charge in [-0.3, -0.25) is 9.59 Å². The summed E-state index contributed by atoms with van der Waals surface area (Å²) < 4.78 is 10.8. The van der Waals surface area contributed by atoms with E-state index in [9.17, 15) is 14.7 Å². The van der Waals surface area contributed by atoms with Gasteiger partial charge in [0.25, 0.3) is 0 Å². The van der Waals surface area contributed by atoms with Gasteiger partial charge in [0, 0.05) is 12.8 Å². The molecule has 0 aromatic rings. The summed E-state index contributed by atoms with van der Waals surface area (Å²) in [6.45, 7) is 4.22. The molecule has 0 aliphatic heterocycles. The largest absolute Gasteiger partial charge is 0.462 e. The van der Waals surface area contributed by atoms with Crippen molar-refractivity contribution in [1.29, 1.82) is 0 Å². The molecule has 1 atom stereocenters. The van der Waals surface area contributed by atoms with E-state index in [-0.39, 0.29) is 25.2 Å². The first kappa shape index (κ1) is 74.6. The van der Waals surface area contributed by atoms with E-state index in [0.717, 1.165) is 32.1 Å². The second-order valence-electron chi connectivity index (χ2n) is 24.3. The van der Waals surface area contributed by atoms with Crippen molar-refractivity contribution < 1.29 is 24.2 Å². The number of carbonyl (C=O) groups is 2. The van der Waals surface area contributed by atoms with Crippen molar-refractivity contribution in [2.24, 2.45) is 0 Å². The van der Waals surface area contributed by atoms with Crippen LogP contribution in [-0.4, -0.2) is 36.4 Å². The lowest BCUT2D eigenvalue weighted by atomic mass is 10.0. The van der Waals surface area contributed by atoms with Crippen molar-refractivity contribution in [2.75, 3.05) is 13.2 Å². The first-order chi connectivity index (χ1) is 37.6. The normalized spacial score (nSPS) is 12.1. The molecular formula is C71H138O5. The third kappa shape index (κ3) is 65.2. The Morgan fingerprint density at radius 3 is 0.711 bits per heavy atom. The fourth-order valence-corrected chi connectivity index (χ4v) is 11.3. The Hall–Kier alpha value is -1.36. The summed E-state index contributed by atoms with van der Waals surface area (Å²) in [6, 6.07) is 0. The molecule has 0 amide bonds. The highest BCUT2D eigenvalue weighted by atomic mass is 16.6. The monoisotopic (exact) mass is 1070 g/mol. The summed E-state index contributed by atoms with van der Waals surface area (Å²) >= 11 is 0. The topological polar surface area (TPSA) is 72.8 Å². The number of unbranched alkanes of at least 4 members (excludes halogenated alkanes) is 57. The first-order valence-corrected chi connectivity index (χ1v) is 35.2. The number of aliphatic hydroxyl groups is 1. The zero-order valence-electron chi connectivity index (χ0n) is 52.1. The fourth-order valence-electron chi connectivity index (χ4n) is 11.3. The molecule has 0 saturated carbocycles. The van der Waals surface area contributed by atoms with Crippen LogP contribution in [0.5, 0.6) is 0 Å². The van der Waals surface area contributed by atoms with Crippen LogP contribution in [0.1, 0.15) is 412 Å². The van der Waals surface area contributed by atoms with E-state index in [1.54, 1.807) is 0 Å². The Morgan fingerprint density at radius 2 is 0.487 bits per heavy atom. The molecule has 452 valence electrons. The molecule has 5 heteroatoms. The average molecular weight is 1070 g/mol. The summed E-state index contributed by atoms with van der Waals surface area (Å²) in [5.41, 5.74) is 0. The number of hydrogen-bond acceptors (Lipinski definition) is 5. The molecule has 0 fully saturated rings. The van der Waals surface area contributed by atoms with Gasteiger partial charge in [-0.05, 0) is 38.5 Å². The van der Waals surface area contributed by atoms with E-state index in [2.05, 4.69) is 26.0 Å². The van der Waals surface area contributed by atoms with Gasteiger partial charge in [0.1, 0.15) is 6.61 Å². The minimum atomic E-state index is -0.766. The van der Waals surface area contributed by atoms with Crippen LogP contribution in [0.3, 0.4) is 0 Å². The first-order valence-electron chi connectivity index (χ1n) is 35.2. The van der Waals surface area contributed by atoms with Crippen LogP contribution in [0.2, 0.25) is 0 Å². The van der Waals surface area contributed by atoms with Gasteiger partial charge in [-0.15, -0.1) is 0 Å². The van der Waals surface area contributed by atoms with Crippen molar-refractivity contribution in [3.8, 4) is 0 Å². The second-order valence-corrected chi connectivity index (χ2v) is 24.3. The SMILES string of the molecule is CCCCCCCCCC/C=C\CCCCCCCCCCCCCCCCCCCCCCCCCCCC(=O)OC(CO)COC(=O)CCCCCCCCCCCCCCCCCCCCCCCCCCC. The van der Waals surface area contributed by atoms with Crippen LogP contribution in [0.25, 0.3) is 0 Å². The van der Waals surface area contributed by atoms with Crippen LogP contribution in [0, 0.1) is 0 Å². The molecule has 5 nitrogen and oxygen atoms in total. The van der Waals surface area contributed by atoms with Crippen LogP contribution >= 0.6 is 0 Å². The lowest BCUT2D eigenvalue weighted by Gasteiger charge is -2.15. The van der Waals surface area contributed by atoms with Gasteiger partial charge >= 0.3 is 11.9 Å². The summed E-state index contributed by atoms with van der Waals surface area (Å²) in [7, 11) is 0. The lowest BCUT2D eigenvalue weighted by molar-refractivity contribution is -0.161. The van der Waals surface area contributed by atoms with Gasteiger partial charge in [0.2, 0.25) is 0 Å². The molecule has 0 saturated heterocycles. The number of esters is 2. The smallest absolute Gasteiger partial charge is 0.306 e. The standard InChI is InChI=1S/C71H138O5/c1-3-5-7-9-11-13-15-17-19-21-23-25-27-29-30-31-32-33-34-35-36-37-38-39-40-42-44-46-48-50-52-54-56-58-60-62-64-66-71(74)76-69(67-72)68-75-70(73)65-63-61-59-57-55-53-51-49-47-45-43-41-28-26-24-22-20-18-16-14-12-10-8-6-4-2/h21,23,69,72H,3-20,22,24-68H2,1-2H3/b23-21-. The second kappa shape index (κ2) is 67.9. The highest BCUT2D eigenvalue weighted by Gasteiger charge is 2.16. The van der Waals surface area contributed by atoms with Gasteiger partial charge in [-0.1, -0.05) is 373 Å². The molecule has 1 N–H and O–H groups in total. The number of allylic oxidation sites excluding steroid dienone is 2. The summed E-state index contributed by atoms with van der Waals surface area (Å²) in [6.07, 6.45) is 86.9. The fraction of sp³-hybridized carbons (Fsp3) is 0.944. The maximum Gasteiger partial charge on any atom is 0.306 e. The molecule has 1 unspecified atom stereocenters. The lowest BCUT2D eigenvalue weighted by Crippen LogP contribution is -2.28. The maximum atomic E-state index is 12.4. The summed E-state index contributed by atoms with van der Waals surface area (Å²) in [5.74, 6) is -0.560.